The van der Waals surface area contributed by atoms with Crippen LogP contribution in [0.25, 0.3) is 0 Å². The minimum absolute atomic E-state index is 0.0472. The molecule has 0 fully saturated rings. The summed E-state index contributed by atoms with van der Waals surface area (Å²) in [6, 6.07) is 21.8. The summed E-state index contributed by atoms with van der Waals surface area (Å²) >= 11 is 3.35. The number of halogens is 1. The van der Waals surface area contributed by atoms with Gasteiger partial charge in [0.25, 0.3) is 10.0 Å². The lowest BCUT2D eigenvalue weighted by atomic mass is 10.1. The highest BCUT2D eigenvalue weighted by Gasteiger charge is 2.33. The number of ether oxygens (including phenoxy) is 1. The summed E-state index contributed by atoms with van der Waals surface area (Å²) in [7, 11) is -4.13. The van der Waals surface area contributed by atoms with Gasteiger partial charge < -0.3 is 15.0 Å². The summed E-state index contributed by atoms with van der Waals surface area (Å²) in [4.78, 5) is 28.7. The zero-order valence-electron chi connectivity index (χ0n) is 23.8. The Bertz CT molecular complexity index is 1370. The number of nitrogens with one attached hydrogen (secondary N) is 1. The molecule has 1 N–H and O–H groups in total. The zero-order chi connectivity index (χ0) is 29.8. The molecule has 0 aliphatic carbocycles. The van der Waals surface area contributed by atoms with Gasteiger partial charge >= 0.3 is 0 Å². The van der Waals surface area contributed by atoms with Gasteiger partial charge in [-0.3, -0.25) is 13.9 Å². The number of rotatable bonds is 15. The fourth-order valence-corrected chi connectivity index (χ4v) is 6.08. The Balaban J connectivity index is 2.00. The summed E-state index contributed by atoms with van der Waals surface area (Å²) in [5.41, 5.74) is 1.33. The number of nitrogens with zero attached hydrogens (tertiary/aromatic N) is 2. The number of anilines is 1. The number of hydrogen-bond acceptors (Lipinski definition) is 5. The molecular weight excluding hydrogens is 606 g/mol. The average Bonchev–Trinajstić information content (AvgIpc) is 2.98. The minimum atomic E-state index is -4.13. The van der Waals surface area contributed by atoms with Crippen LogP contribution in [0, 0.1) is 0 Å². The van der Waals surface area contributed by atoms with E-state index in [4.69, 9.17) is 4.74 Å². The fraction of sp³-hybridized carbons (Fsp3) is 0.355. The van der Waals surface area contributed by atoms with Crippen LogP contribution in [0.15, 0.2) is 88.2 Å². The molecule has 0 aliphatic rings. The fourth-order valence-electron chi connectivity index (χ4n) is 4.40. The van der Waals surface area contributed by atoms with E-state index in [2.05, 4.69) is 21.2 Å². The molecule has 10 heteroatoms. The molecule has 0 aliphatic heterocycles. The van der Waals surface area contributed by atoms with Crippen LogP contribution >= 0.6 is 15.9 Å². The summed E-state index contributed by atoms with van der Waals surface area (Å²) in [5.74, 6) is -0.125. The molecule has 2 amide bonds. The van der Waals surface area contributed by atoms with E-state index in [1.54, 1.807) is 36.4 Å². The summed E-state index contributed by atoms with van der Waals surface area (Å²) in [5, 5.41) is 2.90. The topological polar surface area (TPSA) is 96.0 Å². The molecule has 0 saturated carbocycles. The third kappa shape index (κ3) is 8.81. The van der Waals surface area contributed by atoms with E-state index >= 15 is 0 Å². The highest BCUT2D eigenvalue weighted by Crippen LogP contribution is 2.27. The van der Waals surface area contributed by atoms with E-state index in [0.717, 1.165) is 20.8 Å². The van der Waals surface area contributed by atoms with Gasteiger partial charge in [0.1, 0.15) is 18.3 Å². The summed E-state index contributed by atoms with van der Waals surface area (Å²) in [6.45, 7) is 6.42. The van der Waals surface area contributed by atoms with Crippen molar-refractivity contribution in [3.05, 3.63) is 88.9 Å². The second kappa shape index (κ2) is 15.6. The van der Waals surface area contributed by atoms with Crippen molar-refractivity contribution in [2.24, 2.45) is 0 Å². The number of sulfonamides is 1. The SMILES string of the molecule is CCCNC(=O)[C@H](CC)N(CCc1ccccc1)C(=O)CN(c1ccc(OCC)cc1)S(=O)(=O)c1ccc(Br)cc1. The van der Waals surface area contributed by atoms with Gasteiger partial charge in [-0.25, -0.2) is 8.42 Å². The van der Waals surface area contributed by atoms with Crippen LogP contribution in [-0.2, 0) is 26.0 Å². The standard InChI is InChI=1S/C31H38BrN3O5S/c1-4-21-33-31(37)29(5-2)34(22-20-24-10-8-7-9-11-24)30(36)23-35(26-14-16-27(17-15-26)40-6-3)41(38,39)28-18-12-25(32)13-19-28/h7-19,29H,4-6,20-23H2,1-3H3,(H,33,37)/t29-/m0/s1. The molecule has 3 rings (SSSR count). The maximum absolute atomic E-state index is 14.0. The number of carbonyl (C=O) groups is 2. The van der Waals surface area contributed by atoms with Crippen molar-refractivity contribution in [3.8, 4) is 5.75 Å². The Labute approximate surface area is 251 Å². The third-order valence-corrected chi connectivity index (χ3v) is 8.85. The van der Waals surface area contributed by atoms with Crippen LogP contribution in [0.3, 0.4) is 0 Å². The molecule has 0 radical (unpaired) electrons. The van der Waals surface area contributed by atoms with Gasteiger partial charge in [0.15, 0.2) is 0 Å². The Hall–Kier alpha value is -3.37. The molecule has 1 atom stereocenters. The van der Waals surface area contributed by atoms with Crippen molar-refractivity contribution < 1.29 is 22.7 Å². The maximum atomic E-state index is 14.0. The van der Waals surface area contributed by atoms with Gasteiger partial charge in [0.05, 0.1) is 17.2 Å². The van der Waals surface area contributed by atoms with Gasteiger partial charge in [0, 0.05) is 17.6 Å². The first-order valence-electron chi connectivity index (χ1n) is 13.8. The van der Waals surface area contributed by atoms with Gasteiger partial charge in [-0.1, -0.05) is 60.1 Å². The van der Waals surface area contributed by atoms with Crippen LogP contribution < -0.4 is 14.4 Å². The lowest BCUT2D eigenvalue weighted by Crippen LogP contribution is -2.53. The van der Waals surface area contributed by atoms with E-state index < -0.39 is 28.5 Å². The predicted molar refractivity (Wildman–Crippen MR) is 166 cm³/mol. The molecule has 3 aromatic rings. The van der Waals surface area contributed by atoms with E-state index in [1.165, 1.54) is 17.0 Å². The van der Waals surface area contributed by atoms with E-state index in [0.29, 0.717) is 37.4 Å². The van der Waals surface area contributed by atoms with Crippen LogP contribution in [0.1, 0.15) is 39.2 Å². The van der Waals surface area contributed by atoms with Gasteiger partial charge in [0.2, 0.25) is 11.8 Å². The first kappa shape index (κ1) is 32.1. The smallest absolute Gasteiger partial charge is 0.264 e. The van der Waals surface area contributed by atoms with E-state index in [9.17, 15) is 18.0 Å². The first-order chi connectivity index (χ1) is 19.7. The quantitative estimate of drug-likeness (QED) is 0.239. The van der Waals surface area contributed by atoms with Crippen molar-refractivity contribution >= 4 is 43.5 Å². The molecule has 41 heavy (non-hydrogen) atoms. The van der Waals surface area contributed by atoms with Crippen LogP contribution in [0.4, 0.5) is 5.69 Å². The molecule has 0 aromatic heterocycles. The lowest BCUT2D eigenvalue weighted by molar-refractivity contribution is -0.139. The largest absolute Gasteiger partial charge is 0.494 e. The Kier molecular flexibility index (Phi) is 12.2. The highest BCUT2D eigenvalue weighted by atomic mass is 79.9. The number of hydrogen-bond donors (Lipinski definition) is 1. The monoisotopic (exact) mass is 643 g/mol. The molecule has 3 aromatic carbocycles. The zero-order valence-corrected chi connectivity index (χ0v) is 26.2. The molecule has 220 valence electrons. The predicted octanol–water partition coefficient (Wildman–Crippen LogP) is 5.42. The van der Waals surface area contributed by atoms with Gasteiger partial charge in [-0.15, -0.1) is 0 Å². The Morgan fingerprint density at radius 1 is 0.927 bits per heavy atom. The summed E-state index contributed by atoms with van der Waals surface area (Å²) < 4.78 is 35.2. The molecule has 0 unspecified atom stereocenters. The van der Waals surface area contributed by atoms with Crippen LogP contribution in [-0.4, -0.2) is 57.4 Å². The first-order valence-corrected chi connectivity index (χ1v) is 16.1. The molecule has 0 saturated heterocycles. The number of amides is 2. The van der Waals surface area contributed by atoms with E-state index in [-0.39, 0.29) is 17.3 Å². The van der Waals surface area contributed by atoms with Crippen LogP contribution in [0.2, 0.25) is 0 Å². The second-order valence-electron chi connectivity index (χ2n) is 9.43. The number of benzene rings is 3. The van der Waals surface area contributed by atoms with E-state index in [1.807, 2.05) is 51.1 Å². The van der Waals surface area contributed by atoms with Gasteiger partial charge in [-0.05, 0) is 80.3 Å². The van der Waals surface area contributed by atoms with Crippen LogP contribution in [0.5, 0.6) is 5.75 Å². The van der Waals surface area contributed by atoms with Crippen molar-refractivity contribution in [2.75, 3.05) is 30.5 Å². The molecule has 0 bridgehead atoms. The normalized spacial score (nSPS) is 11.9. The lowest BCUT2D eigenvalue weighted by Gasteiger charge is -2.33. The minimum Gasteiger partial charge on any atom is -0.494 e. The average molecular weight is 645 g/mol. The van der Waals surface area contributed by atoms with Crippen molar-refractivity contribution in [3.63, 3.8) is 0 Å². The highest BCUT2D eigenvalue weighted by molar-refractivity contribution is 9.10. The van der Waals surface area contributed by atoms with Crippen molar-refractivity contribution in [1.29, 1.82) is 0 Å². The molecular formula is C31H38BrN3O5S. The molecule has 8 nitrogen and oxygen atoms in total. The molecule has 0 heterocycles. The maximum Gasteiger partial charge on any atom is 0.264 e. The van der Waals surface area contributed by atoms with Gasteiger partial charge in [-0.2, -0.15) is 0 Å². The Morgan fingerprint density at radius 2 is 1.59 bits per heavy atom. The van der Waals surface area contributed by atoms with Crippen molar-refractivity contribution in [2.45, 2.75) is 51.0 Å². The Morgan fingerprint density at radius 3 is 2.17 bits per heavy atom. The molecule has 0 spiro atoms. The second-order valence-corrected chi connectivity index (χ2v) is 12.2. The van der Waals surface area contributed by atoms with Crippen molar-refractivity contribution in [1.82, 2.24) is 10.2 Å². The number of carbonyl (C=O) groups excluding carboxylic acids is 2. The third-order valence-electron chi connectivity index (χ3n) is 6.54. The summed E-state index contributed by atoms with van der Waals surface area (Å²) in [6.07, 6.45) is 1.67.